The molecule has 0 bridgehead atoms. The van der Waals surface area contributed by atoms with Crippen molar-refractivity contribution < 1.29 is 19.0 Å². The minimum absolute atomic E-state index is 0.0700. The van der Waals surface area contributed by atoms with Gasteiger partial charge in [0.05, 0.1) is 34.5 Å². The number of likely N-dealkylation sites (tertiary alicyclic amines) is 1. The van der Waals surface area contributed by atoms with Gasteiger partial charge in [-0.2, -0.15) is 0 Å². The van der Waals surface area contributed by atoms with Crippen LogP contribution in [0, 0.1) is 17.3 Å². The summed E-state index contributed by atoms with van der Waals surface area (Å²) in [6, 6.07) is 9.19. The third-order valence-electron chi connectivity index (χ3n) is 6.56. The Labute approximate surface area is 207 Å². The van der Waals surface area contributed by atoms with E-state index in [0.717, 1.165) is 4.88 Å². The van der Waals surface area contributed by atoms with Crippen LogP contribution < -0.4 is 4.74 Å². The molecule has 34 heavy (non-hydrogen) atoms. The molecular weight excluding hydrogens is 475 g/mol. The van der Waals surface area contributed by atoms with Gasteiger partial charge in [0.2, 0.25) is 0 Å². The van der Waals surface area contributed by atoms with Gasteiger partial charge in [0.25, 0.3) is 0 Å². The topological polar surface area (TPSA) is 62.7 Å². The lowest BCUT2D eigenvalue weighted by Gasteiger charge is -2.38. The van der Waals surface area contributed by atoms with Crippen molar-refractivity contribution in [2.24, 2.45) is 5.41 Å². The summed E-state index contributed by atoms with van der Waals surface area (Å²) in [6.45, 7) is 1.84. The third kappa shape index (κ3) is 5.35. The molecule has 0 spiro atoms. The fourth-order valence-electron chi connectivity index (χ4n) is 4.46. The van der Waals surface area contributed by atoms with Crippen molar-refractivity contribution in [3.63, 3.8) is 0 Å². The van der Waals surface area contributed by atoms with E-state index in [9.17, 15) is 9.90 Å². The number of hydrogen-bond donors (Lipinski definition) is 1. The van der Waals surface area contributed by atoms with Crippen LogP contribution in [0.2, 0.25) is 5.02 Å². The molecular formula is C26H26ClFN2O3S. The first kappa shape index (κ1) is 24.5. The summed E-state index contributed by atoms with van der Waals surface area (Å²) in [4.78, 5) is 19.7. The first-order chi connectivity index (χ1) is 16.4. The number of carbonyl (C=O) groups is 1. The molecule has 3 aromatic rings. The molecule has 0 saturated carbocycles. The second kappa shape index (κ2) is 10.7. The molecule has 0 radical (unpaired) electrons. The Morgan fingerprint density at radius 1 is 1.38 bits per heavy atom. The number of rotatable bonds is 7. The molecule has 2 aromatic heterocycles. The zero-order valence-electron chi connectivity index (χ0n) is 18.9. The number of aliphatic carboxylic acids is 1. The van der Waals surface area contributed by atoms with Crippen LogP contribution in [0.15, 0.2) is 41.9 Å². The summed E-state index contributed by atoms with van der Waals surface area (Å²) >= 11 is 7.94. The average molecular weight is 501 g/mol. The predicted molar refractivity (Wildman–Crippen MR) is 133 cm³/mol. The van der Waals surface area contributed by atoms with Crippen LogP contribution in [0.25, 0.3) is 10.9 Å². The highest BCUT2D eigenvalue weighted by molar-refractivity contribution is 7.10. The van der Waals surface area contributed by atoms with Gasteiger partial charge in [-0.15, -0.1) is 11.3 Å². The monoisotopic (exact) mass is 500 g/mol. The summed E-state index contributed by atoms with van der Waals surface area (Å²) in [7, 11) is 1.54. The van der Waals surface area contributed by atoms with Crippen LogP contribution in [0.5, 0.6) is 5.75 Å². The molecule has 1 atom stereocenters. The van der Waals surface area contributed by atoms with Crippen molar-refractivity contribution in [3.05, 3.63) is 57.4 Å². The minimum atomic E-state index is -1.41. The lowest BCUT2D eigenvalue weighted by molar-refractivity contribution is -0.152. The Hall–Kier alpha value is -2.66. The first-order valence-electron chi connectivity index (χ1n) is 11.2. The van der Waals surface area contributed by atoms with Crippen molar-refractivity contribution in [1.29, 1.82) is 0 Å². The van der Waals surface area contributed by atoms with E-state index in [0.29, 0.717) is 54.7 Å². The fourth-order valence-corrected chi connectivity index (χ4v) is 5.32. The van der Waals surface area contributed by atoms with E-state index in [1.165, 1.54) is 6.20 Å². The Balaban J connectivity index is 1.43. The maximum absolute atomic E-state index is 15.6. The molecule has 1 fully saturated rings. The van der Waals surface area contributed by atoms with Gasteiger partial charge in [-0.25, -0.2) is 4.39 Å². The van der Waals surface area contributed by atoms with Gasteiger partial charge in [0.1, 0.15) is 11.9 Å². The second-order valence-electron chi connectivity index (χ2n) is 8.55. The van der Waals surface area contributed by atoms with Crippen LogP contribution >= 0.6 is 22.9 Å². The second-order valence-corrected chi connectivity index (χ2v) is 9.90. The van der Waals surface area contributed by atoms with E-state index in [1.807, 2.05) is 17.5 Å². The van der Waals surface area contributed by atoms with Gasteiger partial charge in [-0.1, -0.05) is 29.5 Å². The molecule has 0 amide bonds. The predicted octanol–water partition coefficient (Wildman–Crippen LogP) is 5.97. The van der Waals surface area contributed by atoms with Crippen molar-refractivity contribution >= 4 is 39.8 Å². The highest BCUT2D eigenvalue weighted by atomic mass is 35.5. The third-order valence-corrected chi connectivity index (χ3v) is 7.65. The molecule has 1 aliphatic heterocycles. The van der Waals surface area contributed by atoms with Crippen LogP contribution in [0.1, 0.15) is 42.3 Å². The summed E-state index contributed by atoms with van der Waals surface area (Å²) in [5, 5.41) is 12.8. The number of nitrogens with zero attached hydrogens (tertiary/aromatic N) is 2. The van der Waals surface area contributed by atoms with Crippen LogP contribution in [-0.4, -0.2) is 47.7 Å². The van der Waals surface area contributed by atoms with Gasteiger partial charge in [0, 0.05) is 30.2 Å². The molecule has 5 nitrogen and oxygen atoms in total. The summed E-state index contributed by atoms with van der Waals surface area (Å²) in [6.07, 6.45) is 1.28. The lowest BCUT2D eigenvalue weighted by atomic mass is 9.74. The number of ether oxygens (including phenoxy) is 1. The number of carboxylic acids is 1. The van der Waals surface area contributed by atoms with Crippen molar-refractivity contribution in [2.75, 3.05) is 26.7 Å². The smallest absolute Gasteiger partial charge is 0.309 e. The zero-order valence-corrected chi connectivity index (χ0v) is 20.5. The molecule has 1 N–H and O–H groups in total. The molecule has 1 aliphatic rings. The molecule has 0 aliphatic carbocycles. The van der Waals surface area contributed by atoms with E-state index in [-0.39, 0.29) is 17.9 Å². The largest absolute Gasteiger partial charge is 0.497 e. The number of benzene rings is 1. The molecule has 178 valence electrons. The number of aromatic nitrogens is 1. The van der Waals surface area contributed by atoms with E-state index in [4.69, 9.17) is 16.3 Å². The van der Waals surface area contributed by atoms with Gasteiger partial charge in [-0.05, 0) is 55.3 Å². The molecule has 1 saturated heterocycles. The molecule has 0 unspecified atom stereocenters. The Morgan fingerprint density at radius 3 is 2.85 bits per heavy atom. The van der Waals surface area contributed by atoms with E-state index in [1.54, 1.807) is 36.6 Å². The maximum Gasteiger partial charge on any atom is 0.309 e. The van der Waals surface area contributed by atoms with Crippen LogP contribution in [-0.2, 0) is 4.79 Å². The maximum atomic E-state index is 15.6. The number of halogens is 2. The molecule has 1 aromatic carbocycles. The van der Waals surface area contributed by atoms with Gasteiger partial charge < -0.3 is 9.84 Å². The van der Waals surface area contributed by atoms with Gasteiger partial charge >= 0.3 is 5.97 Å². The SMILES string of the molecule is COc1ccc2ncc(Cl)c([C@@H](F)CCC3(C(=O)O)CCN(CC#Cc4cccs4)CC3)c2c1. The quantitative estimate of drug-likeness (QED) is 0.405. The average Bonchev–Trinajstić information content (AvgIpc) is 3.36. The molecule has 4 rings (SSSR count). The number of fused-ring (bicyclic) bond motifs is 1. The Kier molecular flexibility index (Phi) is 7.72. The summed E-state index contributed by atoms with van der Waals surface area (Å²) in [5.41, 5.74) is 0.00909. The number of methoxy groups -OCH3 is 1. The number of thiophene rings is 1. The number of alkyl halides is 1. The number of pyridine rings is 1. The summed E-state index contributed by atoms with van der Waals surface area (Å²) in [5.74, 6) is 6.02. The van der Waals surface area contributed by atoms with Crippen LogP contribution in [0.4, 0.5) is 4.39 Å². The first-order valence-corrected chi connectivity index (χ1v) is 12.4. The van der Waals surface area contributed by atoms with Crippen molar-refractivity contribution in [2.45, 2.75) is 31.9 Å². The number of carboxylic acid groups (broad SMARTS) is 1. The van der Waals surface area contributed by atoms with Crippen LogP contribution in [0.3, 0.4) is 0 Å². The van der Waals surface area contributed by atoms with Crippen molar-refractivity contribution in [3.8, 4) is 17.6 Å². The highest BCUT2D eigenvalue weighted by Gasteiger charge is 2.41. The highest BCUT2D eigenvalue weighted by Crippen LogP contribution is 2.42. The zero-order chi connectivity index (χ0) is 24.1. The fraction of sp³-hybridized carbons (Fsp3) is 0.385. The number of hydrogen-bond acceptors (Lipinski definition) is 5. The Morgan fingerprint density at radius 2 is 2.18 bits per heavy atom. The van der Waals surface area contributed by atoms with Crippen molar-refractivity contribution in [1.82, 2.24) is 9.88 Å². The standard InChI is InChI=1S/C26H26ClFN2O3S/c1-33-18-6-7-23-20(16-18)24(21(27)17-29-23)22(28)8-9-26(25(31)32)10-13-30(14-11-26)12-2-4-19-5-3-15-34-19/h3,5-7,15-17,22H,8-14H2,1H3,(H,31,32)/t22-/m0/s1. The van der Waals surface area contributed by atoms with E-state index < -0.39 is 17.6 Å². The van der Waals surface area contributed by atoms with Gasteiger partial charge in [-0.3, -0.25) is 14.7 Å². The Bertz CT molecular complexity index is 1210. The minimum Gasteiger partial charge on any atom is -0.497 e. The lowest BCUT2D eigenvalue weighted by Crippen LogP contribution is -2.44. The van der Waals surface area contributed by atoms with Gasteiger partial charge in [0.15, 0.2) is 0 Å². The number of piperidine rings is 1. The normalized spacial score (nSPS) is 16.6. The van der Waals surface area contributed by atoms with E-state index >= 15 is 4.39 Å². The molecule has 3 heterocycles. The molecule has 8 heteroatoms. The summed E-state index contributed by atoms with van der Waals surface area (Å²) < 4.78 is 20.8. The van der Waals surface area contributed by atoms with E-state index in [2.05, 4.69) is 21.7 Å².